The predicted molar refractivity (Wildman–Crippen MR) is 285 cm³/mol. The van der Waals surface area contributed by atoms with Crippen LogP contribution < -0.4 is 0 Å². The molecule has 0 radical (unpaired) electrons. The molecule has 0 saturated carbocycles. The van der Waals surface area contributed by atoms with Crippen molar-refractivity contribution in [2.24, 2.45) is 0 Å². The first-order valence-corrected chi connectivity index (χ1v) is 23.7. The molecule has 0 spiro atoms. The Morgan fingerprint density at radius 3 is 1.21 bits per heavy atom. The van der Waals surface area contributed by atoms with Crippen LogP contribution in [0.1, 0.15) is 23.3 Å². The van der Waals surface area contributed by atoms with E-state index in [9.17, 15) is 0 Å². The second-order valence-electron chi connectivity index (χ2n) is 17.8. The molecule has 0 saturated heterocycles. The Morgan fingerprint density at radius 2 is 0.694 bits per heavy atom. The minimum absolute atomic E-state index is 0.550. The van der Waals surface area contributed by atoms with Gasteiger partial charge in [-0.1, -0.05) is 97.1 Å². The molecule has 0 aliphatic carbocycles. The van der Waals surface area contributed by atoms with Crippen LogP contribution in [0, 0.1) is 27.7 Å². The lowest BCUT2D eigenvalue weighted by atomic mass is 9.99. The van der Waals surface area contributed by atoms with E-state index in [2.05, 4.69) is 128 Å². The van der Waals surface area contributed by atoms with Crippen molar-refractivity contribution >= 4 is 43.6 Å². The molecule has 0 atom stereocenters. The van der Waals surface area contributed by atoms with Gasteiger partial charge < -0.3 is 9.13 Å². The van der Waals surface area contributed by atoms with Gasteiger partial charge in [-0.15, -0.1) is 0 Å². The van der Waals surface area contributed by atoms with Gasteiger partial charge in [0.15, 0.2) is 29.1 Å². The molecule has 0 fully saturated rings. The number of hydrogen-bond donors (Lipinski definition) is 0. The number of aromatic nitrogens is 12. The highest BCUT2D eigenvalue weighted by Crippen LogP contribution is 2.43. The van der Waals surface area contributed by atoms with E-state index in [0.717, 1.165) is 93.9 Å². The number of hydrogen-bond acceptors (Lipinski definition) is 10. The highest BCUT2D eigenvalue weighted by molar-refractivity contribution is 6.12. The van der Waals surface area contributed by atoms with E-state index in [-0.39, 0.29) is 0 Å². The van der Waals surface area contributed by atoms with Crippen molar-refractivity contribution in [3.05, 3.63) is 206 Å². The molecular formula is C60H42N12. The first-order chi connectivity index (χ1) is 35.3. The van der Waals surface area contributed by atoms with Gasteiger partial charge >= 0.3 is 0 Å². The number of fused-ring (bicyclic) bond motifs is 6. The van der Waals surface area contributed by atoms with Crippen LogP contribution in [0.2, 0.25) is 0 Å². The van der Waals surface area contributed by atoms with Crippen LogP contribution in [0.3, 0.4) is 0 Å². The topological polar surface area (TPSA) is 139 Å². The average molecular weight is 931 g/mol. The normalized spacial score (nSPS) is 11.6. The largest absolute Gasteiger partial charge is 0.309 e. The van der Waals surface area contributed by atoms with Crippen molar-refractivity contribution in [1.29, 1.82) is 0 Å². The number of nitrogens with zero attached hydrogens (tertiary/aromatic N) is 12. The van der Waals surface area contributed by atoms with Gasteiger partial charge in [-0.25, -0.2) is 44.9 Å². The lowest BCUT2D eigenvalue weighted by Gasteiger charge is -2.19. The summed E-state index contributed by atoms with van der Waals surface area (Å²) in [6, 6.07) is 58.7. The number of aryl methyl sites for hydroxylation is 4. The lowest BCUT2D eigenvalue weighted by molar-refractivity contribution is 0.928. The first-order valence-electron chi connectivity index (χ1n) is 23.7. The third-order valence-corrected chi connectivity index (χ3v) is 13.1. The van der Waals surface area contributed by atoms with E-state index in [1.54, 1.807) is 0 Å². The van der Waals surface area contributed by atoms with Gasteiger partial charge in [0.05, 0.1) is 39.6 Å². The van der Waals surface area contributed by atoms with Crippen molar-refractivity contribution < 1.29 is 0 Å². The zero-order valence-electron chi connectivity index (χ0n) is 39.7. The zero-order chi connectivity index (χ0) is 48.5. The van der Waals surface area contributed by atoms with E-state index >= 15 is 0 Å². The number of rotatable bonds is 8. The van der Waals surface area contributed by atoms with Crippen LogP contribution in [0.5, 0.6) is 0 Å². The molecule has 12 heteroatoms. The van der Waals surface area contributed by atoms with Crippen LogP contribution in [0.4, 0.5) is 0 Å². The second-order valence-corrected chi connectivity index (χ2v) is 17.8. The van der Waals surface area contributed by atoms with Gasteiger partial charge in [0, 0.05) is 66.7 Å². The van der Waals surface area contributed by atoms with Crippen LogP contribution in [-0.2, 0) is 0 Å². The van der Waals surface area contributed by atoms with Crippen LogP contribution in [-0.4, -0.2) is 59.0 Å². The Kier molecular flexibility index (Phi) is 10.1. The van der Waals surface area contributed by atoms with Gasteiger partial charge in [0.25, 0.3) is 0 Å². The molecule has 72 heavy (non-hydrogen) atoms. The molecule has 6 heterocycles. The molecule has 12 nitrogen and oxygen atoms in total. The summed E-state index contributed by atoms with van der Waals surface area (Å²) in [4.78, 5) is 48.1. The Hall–Kier alpha value is -9.68. The molecule has 0 unspecified atom stereocenters. The summed E-state index contributed by atoms with van der Waals surface area (Å²) in [6.45, 7) is 7.60. The highest BCUT2D eigenvalue weighted by atomic mass is 15.1. The fourth-order valence-corrected chi connectivity index (χ4v) is 10.0. The van der Waals surface area contributed by atoms with Crippen LogP contribution >= 0.6 is 0 Å². The van der Waals surface area contributed by atoms with Crippen molar-refractivity contribution in [1.82, 2.24) is 59.0 Å². The summed E-state index contributed by atoms with van der Waals surface area (Å²) in [5.74, 6) is 5.73. The highest BCUT2D eigenvalue weighted by Gasteiger charge is 2.23. The van der Waals surface area contributed by atoms with E-state index in [0.29, 0.717) is 52.4 Å². The maximum atomic E-state index is 5.20. The summed E-state index contributed by atoms with van der Waals surface area (Å²) < 4.78 is 4.68. The second kappa shape index (κ2) is 17.1. The Labute approximate surface area is 413 Å². The van der Waals surface area contributed by atoms with Gasteiger partial charge in [0.1, 0.15) is 23.3 Å². The van der Waals surface area contributed by atoms with Crippen LogP contribution in [0.15, 0.2) is 182 Å². The summed E-state index contributed by atoms with van der Waals surface area (Å²) in [6.07, 6.45) is 3.83. The third-order valence-electron chi connectivity index (χ3n) is 13.1. The van der Waals surface area contributed by atoms with Gasteiger partial charge in [-0.3, -0.25) is 4.98 Å². The van der Waals surface area contributed by atoms with E-state index in [1.165, 1.54) is 0 Å². The number of para-hydroxylation sites is 2. The van der Waals surface area contributed by atoms with Gasteiger partial charge in [0.2, 0.25) is 0 Å². The monoisotopic (exact) mass is 930 g/mol. The molecule has 0 bridgehead atoms. The van der Waals surface area contributed by atoms with E-state index < -0.39 is 0 Å². The molecule has 13 aromatic rings. The predicted octanol–water partition coefficient (Wildman–Crippen LogP) is 13.1. The average Bonchev–Trinajstić information content (AvgIpc) is 3.92. The molecule has 0 aliphatic heterocycles. The SMILES string of the molecule is Cc1nc(C)nc(-c2ccc3c(c2)c2ccccc2n3-c2ccc(-c3nc(-c4ccccc4)nc(-c4ccccc4)n3)cc2-c2ccncc2-n2c3ccccc3c3cc(-c4nc(C)nc(C)n4)ccc32)n1. The standard InChI is InChI=1S/C60H42N12/c1-35-62-36(2)65-58(64-35)41-23-26-52-47(31-41)44-19-11-13-21-50(44)71(52)53-27-25-43(60-69-56(39-15-7-5-8-16-39)68-57(70-60)40-17-9-6-10-18-40)33-49(53)46-29-30-61-34-55(46)72-51-22-14-12-20-45(51)48-32-42(24-28-54(48)72)59-66-37(3)63-38(4)67-59/h5-34H,1-4H3. The number of benzene rings is 7. The van der Waals surface area contributed by atoms with Crippen molar-refractivity contribution in [2.45, 2.75) is 27.7 Å². The summed E-state index contributed by atoms with van der Waals surface area (Å²) >= 11 is 0. The molecule has 7 aromatic carbocycles. The maximum absolute atomic E-state index is 5.20. The minimum atomic E-state index is 0.550. The van der Waals surface area contributed by atoms with Gasteiger partial charge in [-0.05, 0) is 100 Å². The third kappa shape index (κ3) is 7.32. The van der Waals surface area contributed by atoms with Crippen LogP contribution in [0.25, 0.3) is 123 Å². The Morgan fingerprint density at radius 1 is 0.292 bits per heavy atom. The first kappa shape index (κ1) is 42.4. The Balaban J connectivity index is 1.08. The summed E-state index contributed by atoms with van der Waals surface area (Å²) in [5.41, 5.74) is 12.3. The molecule has 0 aliphatic rings. The molecule has 0 amide bonds. The summed E-state index contributed by atoms with van der Waals surface area (Å²) in [5, 5.41) is 4.33. The quantitative estimate of drug-likeness (QED) is 0.145. The zero-order valence-corrected chi connectivity index (χ0v) is 39.7. The minimum Gasteiger partial charge on any atom is -0.309 e. The maximum Gasteiger partial charge on any atom is 0.164 e. The molecular weight excluding hydrogens is 889 g/mol. The molecule has 0 N–H and O–H groups in total. The van der Waals surface area contributed by atoms with Gasteiger partial charge in [-0.2, -0.15) is 0 Å². The molecule has 13 rings (SSSR count). The molecule has 6 aromatic heterocycles. The Bertz CT molecular complexity index is 4180. The van der Waals surface area contributed by atoms with Crippen molar-refractivity contribution in [3.8, 4) is 79.4 Å². The fraction of sp³-hybridized carbons (Fsp3) is 0.0667. The lowest BCUT2D eigenvalue weighted by Crippen LogP contribution is -2.04. The van der Waals surface area contributed by atoms with Crippen molar-refractivity contribution in [2.75, 3.05) is 0 Å². The molecule has 342 valence electrons. The van der Waals surface area contributed by atoms with E-state index in [4.69, 9.17) is 39.9 Å². The fourth-order valence-electron chi connectivity index (χ4n) is 10.0. The summed E-state index contributed by atoms with van der Waals surface area (Å²) in [7, 11) is 0. The van der Waals surface area contributed by atoms with Crippen molar-refractivity contribution in [3.63, 3.8) is 0 Å². The van der Waals surface area contributed by atoms with E-state index in [1.807, 2.05) is 101 Å². The number of pyridine rings is 1. The smallest absolute Gasteiger partial charge is 0.164 e.